The highest BCUT2D eigenvalue weighted by Gasteiger charge is 2.13. The molecule has 1 rings (SSSR count). The summed E-state index contributed by atoms with van der Waals surface area (Å²) in [5.74, 6) is -0.729. The average molecular weight is 222 g/mol. The van der Waals surface area contributed by atoms with Crippen molar-refractivity contribution in [3.8, 4) is 0 Å². The van der Waals surface area contributed by atoms with Gasteiger partial charge in [-0.2, -0.15) is 0 Å². The summed E-state index contributed by atoms with van der Waals surface area (Å²) in [7, 11) is 4.01. The maximum atomic E-state index is 10.5. The van der Waals surface area contributed by atoms with Crippen LogP contribution in [0, 0.1) is 0 Å². The Kier molecular flexibility index (Phi) is 4.92. The minimum atomic E-state index is -0.729. The van der Waals surface area contributed by atoms with Crippen LogP contribution >= 0.6 is 0 Å². The Hall–Kier alpha value is -1.42. The van der Waals surface area contributed by atoms with Gasteiger partial charge in [0.05, 0.1) is 0 Å². The average Bonchev–Trinajstić information content (AvgIpc) is 2.25. The third-order valence-corrected chi connectivity index (χ3v) is 2.58. The lowest BCUT2D eigenvalue weighted by Gasteiger charge is -2.24. The van der Waals surface area contributed by atoms with Gasteiger partial charge in [0.1, 0.15) is 0 Å². The Morgan fingerprint density at radius 2 is 2.06 bits per heavy atom. The van der Waals surface area contributed by atoms with E-state index in [0.717, 1.165) is 6.42 Å². The number of rotatable bonds is 6. The van der Waals surface area contributed by atoms with Crippen LogP contribution in [0.3, 0.4) is 0 Å². The van der Waals surface area contributed by atoms with Gasteiger partial charge in [0.2, 0.25) is 0 Å². The Morgan fingerprint density at radius 3 is 2.56 bits per heavy atom. The molecule has 0 bridgehead atoms. The number of hydrogen-bond donors (Lipinski definition) is 1. The van der Waals surface area contributed by atoms with E-state index in [1.54, 1.807) is 12.4 Å². The maximum absolute atomic E-state index is 10.5. The molecule has 88 valence electrons. The number of carboxylic acid groups (broad SMARTS) is 1. The highest BCUT2D eigenvalue weighted by molar-refractivity contribution is 5.66. The molecule has 16 heavy (non-hydrogen) atoms. The van der Waals surface area contributed by atoms with Gasteiger partial charge in [0, 0.05) is 24.9 Å². The van der Waals surface area contributed by atoms with Crippen molar-refractivity contribution in [2.45, 2.75) is 25.3 Å². The predicted octanol–water partition coefficient (Wildman–Crippen LogP) is 1.94. The number of pyridine rings is 1. The molecule has 0 radical (unpaired) electrons. The molecule has 0 fully saturated rings. The molecule has 1 N–H and O–H groups in total. The fourth-order valence-corrected chi connectivity index (χ4v) is 1.76. The number of nitrogens with zero attached hydrogens (tertiary/aromatic N) is 2. The summed E-state index contributed by atoms with van der Waals surface area (Å²) in [5, 5.41) is 8.61. The summed E-state index contributed by atoms with van der Waals surface area (Å²) in [6.45, 7) is 0. The number of carboxylic acids is 1. The van der Waals surface area contributed by atoms with Crippen LogP contribution < -0.4 is 0 Å². The monoisotopic (exact) mass is 222 g/mol. The van der Waals surface area contributed by atoms with Gasteiger partial charge in [0.15, 0.2) is 0 Å². The predicted molar refractivity (Wildman–Crippen MR) is 62.2 cm³/mol. The first-order valence-electron chi connectivity index (χ1n) is 5.39. The second kappa shape index (κ2) is 6.23. The molecule has 4 nitrogen and oxygen atoms in total. The van der Waals surface area contributed by atoms with E-state index in [1.165, 1.54) is 5.56 Å². The molecule has 0 aliphatic carbocycles. The Bertz CT molecular complexity index is 325. The van der Waals surface area contributed by atoms with E-state index in [-0.39, 0.29) is 12.5 Å². The van der Waals surface area contributed by atoms with Gasteiger partial charge in [-0.1, -0.05) is 0 Å². The van der Waals surface area contributed by atoms with Gasteiger partial charge in [-0.15, -0.1) is 0 Å². The molecule has 4 heteroatoms. The molecule has 0 saturated carbocycles. The van der Waals surface area contributed by atoms with E-state index in [9.17, 15) is 4.79 Å². The quantitative estimate of drug-likeness (QED) is 0.799. The van der Waals surface area contributed by atoms with E-state index in [4.69, 9.17) is 5.11 Å². The zero-order chi connectivity index (χ0) is 12.0. The van der Waals surface area contributed by atoms with Crippen LogP contribution in [0.15, 0.2) is 24.5 Å². The summed E-state index contributed by atoms with van der Waals surface area (Å²) in [5.41, 5.74) is 1.19. The fraction of sp³-hybridized carbons (Fsp3) is 0.500. The summed E-state index contributed by atoms with van der Waals surface area (Å²) in [6, 6.07) is 4.22. The molecule has 0 saturated heterocycles. The second-order valence-electron chi connectivity index (χ2n) is 4.05. The topological polar surface area (TPSA) is 53.4 Å². The zero-order valence-electron chi connectivity index (χ0n) is 9.76. The van der Waals surface area contributed by atoms with E-state index < -0.39 is 5.97 Å². The van der Waals surface area contributed by atoms with Gasteiger partial charge < -0.3 is 10.0 Å². The molecule has 1 unspecified atom stereocenters. The van der Waals surface area contributed by atoms with Gasteiger partial charge in [-0.25, -0.2) is 0 Å². The summed E-state index contributed by atoms with van der Waals surface area (Å²) >= 11 is 0. The van der Waals surface area contributed by atoms with Crippen LogP contribution in [0.2, 0.25) is 0 Å². The van der Waals surface area contributed by atoms with Crippen molar-refractivity contribution in [1.29, 1.82) is 0 Å². The Morgan fingerprint density at radius 1 is 1.44 bits per heavy atom. The minimum absolute atomic E-state index is 0.232. The van der Waals surface area contributed by atoms with Crippen molar-refractivity contribution in [3.63, 3.8) is 0 Å². The molecule has 1 heterocycles. The summed E-state index contributed by atoms with van der Waals surface area (Å²) in [4.78, 5) is 16.6. The van der Waals surface area contributed by atoms with Crippen LogP contribution in [0.25, 0.3) is 0 Å². The SMILES string of the molecule is CN(C)C(CCCC(=O)O)c1ccncc1. The third-order valence-electron chi connectivity index (χ3n) is 2.58. The minimum Gasteiger partial charge on any atom is -0.481 e. The molecule has 0 amide bonds. The van der Waals surface area contributed by atoms with E-state index in [1.807, 2.05) is 26.2 Å². The van der Waals surface area contributed by atoms with E-state index in [2.05, 4.69) is 9.88 Å². The number of carbonyl (C=O) groups is 1. The van der Waals surface area contributed by atoms with Gasteiger partial charge in [-0.05, 0) is 44.6 Å². The molecule has 0 spiro atoms. The van der Waals surface area contributed by atoms with Crippen molar-refractivity contribution in [1.82, 2.24) is 9.88 Å². The lowest BCUT2D eigenvalue weighted by molar-refractivity contribution is -0.137. The van der Waals surface area contributed by atoms with Gasteiger partial charge in [0.25, 0.3) is 0 Å². The highest BCUT2D eigenvalue weighted by Crippen LogP contribution is 2.23. The van der Waals surface area contributed by atoms with Crippen LogP contribution in [0.5, 0.6) is 0 Å². The van der Waals surface area contributed by atoms with Crippen LogP contribution in [0.4, 0.5) is 0 Å². The van der Waals surface area contributed by atoms with Gasteiger partial charge >= 0.3 is 5.97 Å². The van der Waals surface area contributed by atoms with Gasteiger partial charge in [-0.3, -0.25) is 9.78 Å². The lowest BCUT2D eigenvalue weighted by Crippen LogP contribution is -2.20. The fourth-order valence-electron chi connectivity index (χ4n) is 1.76. The van der Waals surface area contributed by atoms with Crippen LogP contribution in [0.1, 0.15) is 30.9 Å². The molecule has 1 atom stereocenters. The molecular formula is C12H18N2O2. The van der Waals surface area contributed by atoms with Crippen molar-refractivity contribution in [3.05, 3.63) is 30.1 Å². The zero-order valence-corrected chi connectivity index (χ0v) is 9.76. The molecule has 1 aromatic rings. The second-order valence-corrected chi connectivity index (χ2v) is 4.05. The normalized spacial score (nSPS) is 12.7. The molecular weight excluding hydrogens is 204 g/mol. The summed E-state index contributed by atoms with van der Waals surface area (Å²) in [6.07, 6.45) is 5.31. The standard InChI is InChI=1S/C12H18N2O2/c1-14(2)11(4-3-5-12(15)16)10-6-8-13-9-7-10/h6-9,11H,3-5H2,1-2H3,(H,15,16). The van der Waals surface area contributed by atoms with Crippen molar-refractivity contribution in [2.24, 2.45) is 0 Å². The van der Waals surface area contributed by atoms with Crippen LogP contribution in [-0.2, 0) is 4.79 Å². The molecule has 0 aliphatic rings. The maximum Gasteiger partial charge on any atom is 0.303 e. The van der Waals surface area contributed by atoms with E-state index in [0.29, 0.717) is 6.42 Å². The first-order chi connectivity index (χ1) is 7.61. The van der Waals surface area contributed by atoms with Crippen LogP contribution in [-0.4, -0.2) is 35.1 Å². The number of hydrogen-bond acceptors (Lipinski definition) is 3. The lowest BCUT2D eigenvalue weighted by atomic mass is 10.0. The highest BCUT2D eigenvalue weighted by atomic mass is 16.4. The van der Waals surface area contributed by atoms with Crippen molar-refractivity contribution < 1.29 is 9.90 Å². The Labute approximate surface area is 95.9 Å². The molecule has 0 aromatic carbocycles. The molecule has 1 aromatic heterocycles. The number of aromatic nitrogens is 1. The molecule has 0 aliphatic heterocycles. The first kappa shape index (κ1) is 12.6. The smallest absolute Gasteiger partial charge is 0.303 e. The third kappa shape index (κ3) is 3.98. The summed E-state index contributed by atoms with van der Waals surface area (Å²) < 4.78 is 0. The van der Waals surface area contributed by atoms with Crippen molar-refractivity contribution >= 4 is 5.97 Å². The van der Waals surface area contributed by atoms with Crippen molar-refractivity contribution in [2.75, 3.05) is 14.1 Å². The number of aliphatic carboxylic acids is 1. The first-order valence-corrected chi connectivity index (χ1v) is 5.39. The van der Waals surface area contributed by atoms with E-state index >= 15 is 0 Å². The Balaban J connectivity index is 2.58. The largest absolute Gasteiger partial charge is 0.481 e.